The number of thiol groups is 2. The molecule has 0 bridgehead atoms. The topological polar surface area (TPSA) is 379 Å². The van der Waals surface area contributed by atoms with Crippen LogP contribution >= 0.6 is 25.3 Å². The first-order valence-electron chi connectivity index (χ1n) is 24.3. The Morgan fingerprint density at radius 1 is 0.627 bits per heavy atom. The maximum absolute atomic E-state index is 14.6. The lowest BCUT2D eigenvalue weighted by Crippen LogP contribution is -2.60. The van der Waals surface area contributed by atoms with Crippen molar-refractivity contribution in [3.05, 3.63) is 90.1 Å². The van der Waals surface area contributed by atoms with Gasteiger partial charge in [-0.05, 0) is 43.4 Å². The van der Waals surface area contributed by atoms with E-state index in [1.54, 1.807) is 42.6 Å². The maximum atomic E-state index is 14.6. The number of hydrogen-bond acceptors (Lipinski definition) is 13. The Balaban J connectivity index is 1.60. The molecule has 4 aromatic rings. The number of aliphatic imine (C=N–C) groups is 1. The van der Waals surface area contributed by atoms with Gasteiger partial charge in [0, 0.05) is 73.2 Å². The number of rotatable bonds is 31. The third kappa shape index (κ3) is 19.6. The summed E-state index contributed by atoms with van der Waals surface area (Å²) in [6.07, 6.45) is 5.87. The number of carbonyl (C=O) groups excluding carboxylic acids is 8. The number of imidazole rings is 1. The Morgan fingerprint density at radius 2 is 1.15 bits per heavy atom. The fourth-order valence-electron chi connectivity index (χ4n) is 7.73. The third-order valence-electron chi connectivity index (χ3n) is 11.7. The molecule has 0 saturated carbocycles. The molecule has 0 fully saturated rings. The second-order valence-corrected chi connectivity index (χ2v) is 18.4. The molecule has 406 valence electrons. The van der Waals surface area contributed by atoms with E-state index in [0.29, 0.717) is 29.7 Å². The number of nitrogens with two attached hydrogens (primary N) is 2. The number of aromatic amines is 2. The minimum Gasteiger partial charge on any atom is -0.480 e. The highest BCUT2D eigenvalue weighted by molar-refractivity contribution is 7.80. The molecule has 0 aliphatic heterocycles. The number of guanidine groups is 1. The van der Waals surface area contributed by atoms with Gasteiger partial charge in [0.2, 0.25) is 47.3 Å². The van der Waals surface area contributed by atoms with Gasteiger partial charge in [-0.25, -0.2) is 9.78 Å². The molecule has 0 radical (unpaired) electrons. The Morgan fingerprint density at radius 3 is 1.73 bits per heavy atom. The smallest absolute Gasteiger partial charge is 0.327 e. The molecule has 2 heterocycles. The van der Waals surface area contributed by atoms with E-state index < -0.39 is 102 Å². The molecule has 0 spiro atoms. The number of fused-ring (bicyclic) bond motifs is 1. The number of unbranched alkanes of at least 4 members (excludes halogenated alkanes) is 1. The summed E-state index contributed by atoms with van der Waals surface area (Å²) in [6.45, 7) is 4.60. The SMILES string of the molecule is CCCC[C@H](NC(C)=O)C(=O)N[C@@H](CS)C(=O)N[C@H](C)C(=O)N[C@@H](Cc1cnc[nH]1)C(=O)N[C@H](Cc1ccccc1)C(=O)N[C@@H](CCCN=C(N)N)C(=O)N[C@@H](Cc1c[nH]c2ccccc12)C(=O)N[C@@H](CS)C(=O)O. The van der Waals surface area contributed by atoms with Crippen LogP contribution in [0.15, 0.2) is 78.3 Å². The van der Waals surface area contributed by atoms with Gasteiger partial charge in [-0.3, -0.25) is 43.3 Å². The number of hydrogen-bond donors (Lipinski definition) is 15. The van der Waals surface area contributed by atoms with Crippen LogP contribution in [0.1, 0.15) is 69.7 Å². The molecule has 24 nitrogen and oxygen atoms in total. The van der Waals surface area contributed by atoms with Crippen molar-refractivity contribution in [2.45, 2.75) is 120 Å². The van der Waals surface area contributed by atoms with Crippen molar-refractivity contribution in [1.82, 2.24) is 57.5 Å². The first kappa shape index (κ1) is 59.9. The summed E-state index contributed by atoms with van der Waals surface area (Å²) < 4.78 is 0. The summed E-state index contributed by atoms with van der Waals surface area (Å²) in [5, 5.41) is 31.4. The van der Waals surface area contributed by atoms with E-state index in [1.807, 2.05) is 25.1 Å². The zero-order chi connectivity index (χ0) is 55.0. The standard InChI is InChI=1S/C49H68N14O10S2/c1-4-5-15-34(57-28(3)64)42(66)62-39(24-74)47(71)56-27(2)41(65)59-38(21-31-23-52-26-55-31)46(70)60-36(19-29-12-7-6-8-13-29)44(68)58-35(17-11-18-53-49(50)51)43(67)61-37(45(69)63-40(25-75)48(72)73)20-30-22-54-33-16-10-9-14-32(30)33/h6-10,12-14,16,22-23,26-27,34-40,54,74-75H,4-5,11,15,17-21,24-25H2,1-3H3,(H,52,55)(H,56,71)(H,57,64)(H,58,68)(H,59,65)(H,60,70)(H,61,67)(H,62,66)(H,63,69)(H,72,73)(H4,50,51,53)/t27-,34+,35+,36-,37+,38+,39+,40+/m1/s1. The molecule has 2 aromatic carbocycles. The van der Waals surface area contributed by atoms with Gasteiger partial charge in [-0.15, -0.1) is 0 Å². The Kier molecular flexibility index (Phi) is 24.4. The molecule has 0 aliphatic rings. The lowest BCUT2D eigenvalue weighted by Gasteiger charge is -2.27. The first-order valence-corrected chi connectivity index (χ1v) is 25.6. The number of para-hydroxylation sites is 1. The van der Waals surface area contributed by atoms with Crippen molar-refractivity contribution < 1.29 is 48.3 Å². The second-order valence-electron chi connectivity index (χ2n) is 17.7. The number of aromatic nitrogens is 3. The zero-order valence-corrected chi connectivity index (χ0v) is 43.7. The van der Waals surface area contributed by atoms with Crippen LogP contribution in [0.25, 0.3) is 10.9 Å². The average Bonchev–Trinajstić information content (AvgIpc) is 4.06. The lowest BCUT2D eigenvalue weighted by atomic mass is 10.0. The van der Waals surface area contributed by atoms with E-state index in [2.05, 4.69) is 87.7 Å². The average molecular weight is 1080 g/mol. The van der Waals surface area contributed by atoms with Crippen LogP contribution in [0, 0.1) is 0 Å². The number of amides is 8. The van der Waals surface area contributed by atoms with Crippen molar-refractivity contribution in [3.8, 4) is 0 Å². The number of carboxylic acids is 1. The van der Waals surface area contributed by atoms with Crippen LogP contribution in [-0.2, 0) is 62.4 Å². The van der Waals surface area contributed by atoms with E-state index in [1.165, 1.54) is 26.4 Å². The summed E-state index contributed by atoms with van der Waals surface area (Å²) in [4.78, 5) is 135. The Labute approximate surface area is 444 Å². The van der Waals surface area contributed by atoms with Crippen molar-refractivity contribution in [1.29, 1.82) is 0 Å². The molecule has 75 heavy (non-hydrogen) atoms. The van der Waals surface area contributed by atoms with Gasteiger partial charge in [0.25, 0.3) is 0 Å². The number of benzene rings is 2. The van der Waals surface area contributed by atoms with Crippen molar-refractivity contribution in [3.63, 3.8) is 0 Å². The molecule has 0 saturated heterocycles. The van der Waals surface area contributed by atoms with Crippen LogP contribution < -0.4 is 54.0 Å². The number of H-pyrrole nitrogens is 2. The van der Waals surface area contributed by atoms with Gasteiger partial charge < -0.3 is 69.1 Å². The van der Waals surface area contributed by atoms with Crippen LogP contribution in [0.5, 0.6) is 0 Å². The quantitative estimate of drug-likeness (QED) is 0.0125. The molecule has 15 N–H and O–H groups in total. The van der Waals surface area contributed by atoms with E-state index in [-0.39, 0.29) is 56.1 Å². The lowest BCUT2D eigenvalue weighted by molar-refractivity contribution is -0.141. The van der Waals surface area contributed by atoms with E-state index in [0.717, 1.165) is 17.3 Å². The summed E-state index contributed by atoms with van der Waals surface area (Å²) in [5.74, 6) is -7.95. The largest absolute Gasteiger partial charge is 0.480 e. The minimum absolute atomic E-state index is 0.0452. The monoisotopic (exact) mass is 1080 g/mol. The summed E-state index contributed by atoms with van der Waals surface area (Å²) >= 11 is 8.29. The number of nitrogens with one attached hydrogen (secondary N) is 10. The number of aliphatic carboxylic acids is 1. The van der Waals surface area contributed by atoms with Crippen molar-refractivity contribution in [2.24, 2.45) is 16.5 Å². The van der Waals surface area contributed by atoms with E-state index >= 15 is 0 Å². The normalized spacial score (nSPS) is 14.2. The third-order valence-corrected chi connectivity index (χ3v) is 12.5. The number of carboxylic acid groups (broad SMARTS) is 1. The second kappa shape index (κ2) is 30.6. The number of carbonyl (C=O) groups is 9. The Hall–Kier alpha value is -7.61. The van der Waals surface area contributed by atoms with Gasteiger partial charge in [0.1, 0.15) is 48.3 Å². The van der Waals surface area contributed by atoms with Crippen molar-refractivity contribution in [2.75, 3.05) is 18.1 Å². The molecule has 8 amide bonds. The summed E-state index contributed by atoms with van der Waals surface area (Å²) in [6, 6.07) is 5.54. The first-order chi connectivity index (χ1) is 35.8. The van der Waals surface area contributed by atoms with Crippen molar-refractivity contribution >= 4 is 95.3 Å². The van der Waals surface area contributed by atoms with E-state index in [9.17, 15) is 48.3 Å². The summed E-state index contributed by atoms with van der Waals surface area (Å²) in [5.41, 5.74) is 13.5. The Bertz CT molecular complexity index is 2600. The molecular formula is C49H68N14O10S2. The van der Waals surface area contributed by atoms with Gasteiger partial charge >= 0.3 is 5.97 Å². The predicted molar refractivity (Wildman–Crippen MR) is 286 cm³/mol. The zero-order valence-electron chi connectivity index (χ0n) is 41.9. The predicted octanol–water partition coefficient (Wildman–Crippen LogP) is -0.975. The fourth-order valence-corrected chi connectivity index (χ4v) is 8.23. The molecule has 0 aliphatic carbocycles. The number of nitrogens with zero attached hydrogens (tertiary/aromatic N) is 2. The highest BCUT2D eigenvalue weighted by atomic mass is 32.1. The molecule has 8 atom stereocenters. The molecule has 2 aromatic heterocycles. The molecule has 0 unspecified atom stereocenters. The summed E-state index contributed by atoms with van der Waals surface area (Å²) in [7, 11) is 0. The maximum Gasteiger partial charge on any atom is 0.327 e. The minimum atomic E-state index is -1.40. The van der Waals surface area contributed by atoms with Gasteiger partial charge in [0.15, 0.2) is 5.96 Å². The van der Waals surface area contributed by atoms with E-state index in [4.69, 9.17) is 11.5 Å². The van der Waals surface area contributed by atoms with Crippen LogP contribution in [0.2, 0.25) is 0 Å². The van der Waals surface area contributed by atoms with Gasteiger partial charge in [-0.1, -0.05) is 68.3 Å². The van der Waals surface area contributed by atoms with Crippen LogP contribution in [0.3, 0.4) is 0 Å². The fraction of sp³-hybridized carbons (Fsp3) is 0.449. The molecular weight excluding hydrogens is 1010 g/mol. The molecule has 4 rings (SSSR count). The highest BCUT2D eigenvalue weighted by Crippen LogP contribution is 2.20. The van der Waals surface area contributed by atoms with Crippen LogP contribution in [0.4, 0.5) is 0 Å². The van der Waals surface area contributed by atoms with Gasteiger partial charge in [-0.2, -0.15) is 25.3 Å². The molecule has 26 heteroatoms. The van der Waals surface area contributed by atoms with Gasteiger partial charge in [0.05, 0.1) is 6.33 Å². The highest BCUT2D eigenvalue weighted by Gasteiger charge is 2.34. The van der Waals surface area contributed by atoms with Crippen LogP contribution in [-0.4, -0.2) is 146 Å².